The number of likely N-dealkylation sites (N-methyl/N-ethyl adjacent to an activating group) is 1. The molecule has 29 heavy (non-hydrogen) atoms. The van der Waals surface area contributed by atoms with E-state index < -0.39 is 0 Å². The number of carbonyl (C=O) groups excluding carboxylic acids is 2. The molecule has 1 aliphatic heterocycles. The lowest BCUT2D eigenvalue weighted by Gasteiger charge is -2.28. The Morgan fingerprint density at radius 3 is 2.48 bits per heavy atom. The van der Waals surface area contributed by atoms with E-state index in [4.69, 9.17) is 4.74 Å². The van der Waals surface area contributed by atoms with Crippen LogP contribution in [0.15, 0.2) is 24.3 Å². The Hall–Kier alpha value is -2.08. The molecule has 1 aromatic carbocycles. The van der Waals surface area contributed by atoms with Gasteiger partial charge in [0.05, 0.1) is 19.8 Å². The van der Waals surface area contributed by atoms with E-state index in [0.29, 0.717) is 6.42 Å². The largest absolute Gasteiger partial charge is 0.378 e. The zero-order valence-corrected chi connectivity index (χ0v) is 17.7. The van der Waals surface area contributed by atoms with Gasteiger partial charge >= 0.3 is 0 Å². The number of hydrogen-bond donors (Lipinski definition) is 1. The fourth-order valence-electron chi connectivity index (χ4n) is 4.29. The lowest BCUT2D eigenvalue weighted by atomic mass is 9.86. The highest BCUT2D eigenvalue weighted by atomic mass is 16.5. The van der Waals surface area contributed by atoms with Gasteiger partial charge in [0.2, 0.25) is 11.8 Å². The van der Waals surface area contributed by atoms with E-state index in [1.165, 1.54) is 37.0 Å². The number of amides is 2. The van der Waals surface area contributed by atoms with Crippen molar-refractivity contribution in [2.24, 2.45) is 5.92 Å². The van der Waals surface area contributed by atoms with Crippen LogP contribution in [-0.4, -0.2) is 56.6 Å². The number of rotatable bonds is 8. The zero-order valence-electron chi connectivity index (χ0n) is 17.7. The fraction of sp³-hybridized carbons (Fsp3) is 0.652. The lowest BCUT2D eigenvalue weighted by Crippen LogP contribution is -2.36. The topological polar surface area (TPSA) is 61.9 Å². The van der Waals surface area contributed by atoms with E-state index in [1.54, 1.807) is 7.05 Å². The van der Waals surface area contributed by atoms with E-state index in [9.17, 15) is 9.59 Å². The van der Waals surface area contributed by atoms with E-state index in [0.717, 1.165) is 56.4 Å². The molecule has 1 aromatic rings. The number of benzene rings is 1. The molecule has 6 nitrogen and oxygen atoms in total. The summed E-state index contributed by atoms with van der Waals surface area (Å²) in [7, 11) is 1.71. The van der Waals surface area contributed by atoms with Crippen molar-refractivity contribution < 1.29 is 14.3 Å². The van der Waals surface area contributed by atoms with Crippen LogP contribution in [0.2, 0.25) is 0 Å². The summed E-state index contributed by atoms with van der Waals surface area (Å²) < 4.78 is 5.38. The van der Waals surface area contributed by atoms with Crippen molar-refractivity contribution in [3.8, 4) is 0 Å². The van der Waals surface area contributed by atoms with Crippen molar-refractivity contribution in [2.45, 2.75) is 51.4 Å². The van der Waals surface area contributed by atoms with Crippen LogP contribution in [0.1, 0.15) is 51.4 Å². The number of nitrogens with one attached hydrogen (secondary N) is 1. The molecule has 2 amide bonds. The van der Waals surface area contributed by atoms with Crippen molar-refractivity contribution >= 4 is 23.2 Å². The molecule has 2 aliphatic rings. The highest BCUT2D eigenvalue weighted by Gasteiger charge is 2.16. The summed E-state index contributed by atoms with van der Waals surface area (Å²) in [5.74, 6) is 0.691. The molecule has 1 heterocycles. The number of nitrogens with zero attached hydrogens (tertiary/aromatic N) is 2. The summed E-state index contributed by atoms with van der Waals surface area (Å²) >= 11 is 0. The van der Waals surface area contributed by atoms with Crippen LogP contribution in [0, 0.1) is 5.92 Å². The predicted octanol–water partition coefficient (Wildman–Crippen LogP) is 3.67. The Morgan fingerprint density at radius 2 is 1.79 bits per heavy atom. The van der Waals surface area contributed by atoms with E-state index in [-0.39, 0.29) is 18.4 Å². The van der Waals surface area contributed by atoms with Crippen molar-refractivity contribution in [3.05, 3.63) is 24.3 Å². The zero-order chi connectivity index (χ0) is 20.5. The first-order valence-corrected chi connectivity index (χ1v) is 11.1. The smallest absolute Gasteiger partial charge is 0.243 e. The minimum Gasteiger partial charge on any atom is -0.378 e. The molecular formula is C23H35N3O3. The first-order valence-electron chi connectivity index (χ1n) is 11.1. The third-order valence-electron chi connectivity index (χ3n) is 6.06. The normalized spacial score (nSPS) is 17.8. The van der Waals surface area contributed by atoms with Crippen molar-refractivity contribution in [1.82, 2.24) is 4.90 Å². The Kier molecular flexibility index (Phi) is 8.35. The summed E-state index contributed by atoms with van der Waals surface area (Å²) in [5, 5.41) is 2.89. The van der Waals surface area contributed by atoms with E-state index >= 15 is 0 Å². The number of ether oxygens (including phenoxy) is 1. The first-order chi connectivity index (χ1) is 14.1. The van der Waals surface area contributed by atoms with Gasteiger partial charge in [-0.3, -0.25) is 9.59 Å². The van der Waals surface area contributed by atoms with Crippen LogP contribution in [0.3, 0.4) is 0 Å². The number of anilines is 2. The highest BCUT2D eigenvalue weighted by molar-refractivity contribution is 5.94. The molecule has 0 radical (unpaired) electrons. The van der Waals surface area contributed by atoms with Gasteiger partial charge in [0.15, 0.2) is 0 Å². The Bertz CT molecular complexity index is 650. The fourth-order valence-corrected chi connectivity index (χ4v) is 4.29. The van der Waals surface area contributed by atoms with E-state index in [1.807, 2.05) is 24.3 Å². The minimum absolute atomic E-state index is 0.0543. The van der Waals surface area contributed by atoms with Gasteiger partial charge in [0.25, 0.3) is 0 Å². The van der Waals surface area contributed by atoms with E-state index in [2.05, 4.69) is 10.2 Å². The molecule has 0 atom stereocenters. The van der Waals surface area contributed by atoms with Gasteiger partial charge < -0.3 is 19.9 Å². The number of hydrogen-bond acceptors (Lipinski definition) is 4. The van der Waals surface area contributed by atoms with Crippen molar-refractivity contribution in [3.63, 3.8) is 0 Å². The Morgan fingerprint density at radius 1 is 1.10 bits per heavy atom. The molecule has 0 spiro atoms. The summed E-state index contributed by atoms with van der Waals surface area (Å²) in [6.07, 6.45) is 9.28. The molecule has 0 bridgehead atoms. The summed E-state index contributed by atoms with van der Waals surface area (Å²) in [6, 6.07) is 7.85. The first kappa shape index (κ1) is 21.6. The van der Waals surface area contributed by atoms with Gasteiger partial charge in [0.1, 0.15) is 0 Å². The van der Waals surface area contributed by atoms with Crippen LogP contribution in [0.25, 0.3) is 0 Å². The Labute approximate surface area is 174 Å². The third kappa shape index (κ3) is 7.03. The van der Waals surface area contributed by atoms with Crippen molar-refractivity contribution in [2.75, 3.05) is 50.1 Å². The van der Waals surface area contributed by atoms with Gasteiger partial charge in [-0.2, -0.15) is 0 Å². The molecule has 1 saturated carbocycles. The molecular weight excluding hydrogens is 366 g/mol. The van der Waals surface area contributed by atoms with Gasteiger partial charge in [-0.1, -0.05) is 32.1 Å². The molecule has 0 aromatic heterocycles. The molecule has 2 fully saturated rings. The molecule has 1 N–H and O–H groups in total. The van der Waals surface area contributed by atoms with Gasteiger partial charge in [-0.15, -0.1) is 0 Å². The predicted molar refractivity (Wildman–Crippen MR) is 116 cm³/mol. The highest BCUT2D eigenvalue weighted by Crippen LogP contribution is 2.27. The maximum absolute atomic E-state index is 12.3. The van der Waals surface area contributed by atoms with Crippen LogP contribution in [0.5, 0.6) is 0 Å². The third-order valence-corrected chi connectivity index (χ3v) is 6.06. The quantitative estimate of drug-likeness (QED) is 0.722. The summed E-state index contributed by atoms with van der Waals surface area (Å²) in [4.78, 5) is 28.4. The van der Waals surface area contributed by atoms with Crippen LogP contribution < -0.4 is 10.2 Å². The average molecular weight is 402 g/mol. The maximum atomic E-state index is 12.3. The van der Waals surface area contributed by atoms with Gasteiger partial charge in [-0.25, -0.2) is 0 Å². The number of morpholine rings is 1. The SMILES string of the molecule is CN(CC(=O)Nc1ccc(N2CCOCC2)cc1)C(=O)CCCC1CCCCC1. The maximum Gasteiger partial charge on any atom is 0.243 e. The monoisotopic (exact) mass is 401 g/mol. The number of carbonyl (C=O) groups is 2. The molecule has 3 rings (SSSR count). The molecule has 160 valence electrons. The minimum atomic E-state index is -0.160. The van der Waals surface area contributed by atoms with Crippen LogP contribution in [0.4, 0.5) is 11.4 Å². The second-order valence-corrected chi connectivity index (χ2v) is 8.34. The second kappa shape index (κ2) is 11.2. The molecule has 6 heteroatoms. The van der Waals surface area contributed by atoms with Gasteiger partial charge in [-0.05, 0) is 43.0 Å². The van der Waals surface area contributed by atoms with Crippen molar-refractivity contribution in [1.29, 1.82) is 0 Å². The molecule has 0 unspecified atom stereocenters. The lowest BCUT2D eigenvalue weighted by molar-refractivity contribution is -0.133. The molecule has 1 aliphatic carbocycles. The summed E-state index contributed by atoms with van der Waals surface area (Å²) in [6.45, 7) is 3.37. The Balaban J connectivity index is 1.36. The van der Waals surface area contributed by atoms with Crippen LogP contribution >= 0.6 is 0 Å². The van der Waals surface area contributed by atoms with Gasteiger partial charge in [0, 0.05) is 37.9 Å². The average Bonchev–Trinajstić information content (AvgIpc) is 2.75. The second-order valence-electron chi connectivity index (χ2n) is 8.34. The standard InChI is InChI=1S/C23H35N3O3/c1-25(23(28)9-5-8-19-6-3-2-4-7-19)18-22(27)24-20-10-12-21(13-11-20)26-14-16-29-17-15-26/h10-13,19H,2-9,14-18H2,1H3,(H,24,27). The van der Waals surface area contributed by atoms with Crippen LogP contribution in [-0.2, 0) is 14.3 Å². The summed E-state index contributed by atoms with van der Waals surface area (Å²) in [5.41, 5.74) is 1.89. The molecule has 1 saturated heterocycles.